The van der Waals surface area contributed by atoms with Crippen LogP contribution >= 0.6 is 15.9 Å². The first-order chi connectivity index (χ1) is 14.9. The van der Waals surface area contributed by atoms with Gasteiger partial charge >= 0.3 is 0 Å². The number of carbonyl (C=O) groups is 1. The van der Waals surface area contributed by atoms with Crippen molar-refractivity contribution in [2.24, 2.45) is 14.2 Å². The van der Waals surface area contributed by atoms with Crippen LogP contribution in [0.4, 0.5) is 5.69 Å². The van der Waals surface area contributed by atoms with Crippen LogP contribution in [0.1, 0.15) is 48.7 Å². The lowest BCUT2D eigenvalue weighted by Crippen LogP contribution is -2.41. The molecule has 2 atom stereocenters. The van der Waals surface area contributed by atoms with Crippen LogP contribution in [0, 0.1) is 12.3 Å². The molecule has 0 fully saturated rings. The van der Waals surface area contributed by atoms with Crippen molar-refractivity contribution in [2.45, 2.75) is 33.7 Å². The zero-order chi connectivity index (χ0) is 23.8. The molecule has 0 aliphatic carbocycles. The summed E-state index contributed by atoms with van der Waals surface area (Å²) in [6, 6.07) is 6.69. The largest absolute Gasteiger partial charge is 0.505 e. The molecule has 1 aliphatic heterocycles. The van der Waals surface area contributed by atoms with Gasteiger partial charge in [0, 0.05) is 18.6 Å². The molecule has 172 valence electrons. The quantitative estimate of drug-likeness (QED) is 0.522. The number of rotatable bonds is 4. The second kappa shape index (κ2) is 9.07. The molecule has 1 aromatic heterocycles. The number of amides is 1. The van der Waals surface area contributed by atoms with Gasteiger partial charge in [0.25, 0.3) is 17.1 Å². The zero-order valence-electron chi connectivity index (χ0n) is 18.7. The summed E-state index contributed by atoms with van der Waals surface area (Å²) in [5.74, 6) is 1.30. The highest BCUT2D eigenvalue weighted by molar-refractivity contribution is 9.10. The minimum Gasteiger partial charge on any atom is -0.505 e. The highest BCUT2D eigenvalue weighted by Gasteiger charge is 2.33. The summed E-state index contributed by atoms with van der Waals surface area (Å²) in [4.78, 5) is 13.9. The van der Waals surface area contributed by atoms with E-state index in [1.807, 2.05) is 39.8 Å². The molecule has 0 spiro atoms. The van der Waals surface area contributed by atoms with Crippen molar-refractivity contribution < 1.29 is 18.5 Å². The first-order valence-electron chi connectivity index (χ1n) is 9.81. The second-order valence-corrected chi connectivity index (χ2v) is 10.3. The maximum atomic E-state index is 12.5. The van der Waals surface area contributed by atoms with E-state index in [4.69, 9.17) is 4.42 Å². The Bertz CT molecular complexity index is 1130. The number of carbonyl (C=O) groups excluding carboxylic acids is 1. The second-order valence-electron chi connectivity index (χ2n) is 8.65. The van der Waals surface area contributed by atoms with Gasteiger partial charge in [-0.2, -0.15) is 0 Å². The van der Waals surface area contributed by atoms with E-state index in [0.29, 0.717) is 10.2 Å². The fourth-order valence-corrected chi connectivity index (χ4v) is 4.24. The summed E-state index contributed by atoms with van der Waals surface area (Å²) in [7, 11) is 3.19. The number of nitrogens with zero attached hydrogens (tertiary/aromatic N) is 3. The summed E-state index contributed by atoms with van der Waals surface area (Å²) in [6.07, 6.45) is 0. The molecule has 3 N–H and O–H groups in total. The number of phenolic OH excluding ortho intramolecular Hbond substituents is 1. The van der Waals surface area contributed by atoms with E-state index in [2.05, 4.69) is 35.4 Å². The third-order valence-corrected chi connectivity index (χ3v) is 6.09. The van der Waals surface area contributed by atoms with Crippen molar-refractivity contribution in [3.05, 3.63) is 45.8 Å². The SMILES string of the molecule is Cc1ccc([C@H](NC2=NS(=O)N=C2Nc2ccc(Br)c(C(=O)N(C)C)c2O)C(C)(C)C)o1. The van der Waals surface area contributed by atoms with Crippen molar-refractivity contribution >= 4 is 50.4 Å². The molecular weight excluding hydrogens is 498 g/mol. The number of aromatic hydroxyl groups is 1. The number of benzene rings is 1. The average Bonchev–Trinajstić information content (AvgIpc) is 3.26. The van der Waals surface area contributed by atoms with E-state index in [1.165, 1.54) is 4.90 Å². The molecule has 0 saturated heterocycles. The standard InChI is InChI=1S/C21H26BrN5O4S/c1-11-7-10-14(31-11)17(21(2,3)4)24-19-18(25-32(30)26-19)23-13-9-8-12(22)15(16(13)28)20(29)27(5)6/h7-10,17,28H,1-6H3,(H,23,25)(H,24,26)/t17-,32?/m0/s1. The minimum absolute atomic E-state index is 0.102. The summed E-state index contributed by atoms with van der Waals surface area (Å²) in [5, 5.41) is 17.0. The van der Waals surface area contributed by atoms with Crippen LogP contribution in [0.3, 0.4) is 0 Å². The van der Waals surface area contributed by atoms with Crippen LogP contribution in [0.25, 0.3) is 0 Å². The molecule has 32 heavy (non-hydrogen) atoms. The Kier molecular flexibility index (Phi) is 6.80. The number of amidine groups is 2. The van der Waals surface area contributed by atoms with Crippen molar-refractivity contribution in [3.8, 4) is 5.75 Å². The van der Waals surface area contributed by atoms with E-state index in [0.717, 1.165) is 5.76 Å². The Balaban J connectivity index is 1.92. The topological polar surface area (TPSA) is 120 Å². The van der Waals surface area contributed by atoms with Crippen LogP contribution in [0.5, 0.6) is 5.75 Å². The number of nitrogens with one attached hydrogen (secondary N) is 2. The number of furan rings is 1. The Morgan fingerprint density at radius 1 is 1.19 bits per heavy atom. The Labute approximate surface area is 197 Å². The number of hydrogen-bond donors (Lipinski definition) is 3. The summed E-state index contributed by atoms with van der Waals surface area (Å²) >= 11 is 1.48. The summed E-state index contributed by atoms with van der Waals surface area (Å²) in [6.45, 7) is 7.99. The van der Waals surface area contributed by atoms with Crippen LogP contribution in [-0.4, -0.2) is 45.9 Å². The number of hydrogen-bond acceptors (Lipinski definition) is 6. The first kappa shape index (κ1) is 24.0. The van der Waals surface area contributed by atoms with Gasteiger partial charge in [-0.15, -0.1) is 8.80 Å². The molecule has 1 aromatic carbocycles. The predicted molar refractivity (Wildman–Crippen MR) is 129 cm³/mol. The van der Waals surface area contributed by atoms with Gasteiger partial charge in [0.05, 0.1) is 17.3 Å². The van der Waals surface area contributed by atoms with Gasteiger partial charge in [-0.05, 0) is 52.5 Å². The van der Waals surface area contributed by atoms with Crippen molar-refractivity contribution in [2.75, 3.05) is 19.4 Å². The third-order valence-electron chi connectivity index (χ3n) is 4.76. The van der Waals surface area contributed by atoms with Crippen molar-refractivity contribution in [1.29, 1.82) is 0 Å². The van der Waals surface area contributed by atoms with E-state index in [1.54, 1.807) is 26.2 Å². The number of aryl methyl sites for hydroxylation is 1. The molecule has 2 aromatic rings. The number of halogens is 1. The molecule has 3 rings (SSSR count). The fourth-order valence-electron chi connectivity index (χ4n) is 3.12. The summed E-state index contributed by atoms with van der Waals surface area (Å²) in [5.41, 5.74) is 0.0593. The minimum atomic E-state index is -1.83. The van der Waals surface area contributed by atoms with Crippen LogP contribution in [0.15, 0.2) is 42.0 Å². The normalized spacial score (nSPS) is 16.9. The third kappa shape index (κ3) is 5.04. The number of phenols is 1. The van der Waals surface area contributed by atoms with Gasteiger partial charge in [-0.25, -0.2) is 4.21 Å². The summed E-state index contributed by atoms with van der Waals surface area (Å²) < 4.78 is 26.5. The molecule has 0 radical (unpaired) electrons. The van der Waals surface area contributed by atoms with E-state index in [9.17, 15) is 14.1 Å². The maximum absolute atomic E-state index is 12.5. The molecule has 9 nitrogen and oxygen atoms in total. The molecule has 11 heteroatoms. The predicted octanol–water partition coefficient (Wildman–Crippen LogP) is 3.94. The van der Waals surface area contributed by atoms with E-state index in [-0.39, 0.29) is 46.0 Å². The smallest absolute Gasteiger partial charge is 0.269 e. The van der Waals surface area contributed by atoms with Crippen LogP contribution < -0.4 is 10.6 Å². The number of anilines is 1. The fraction of sp³-hybridized carbons (Fsp3) is 0.381. The molecule has 0 bridgehead atoms. The lowest BCUT2D eigenvalue weighted by Gasteiger charge is -2.30. The average molecular weight is 524 g/mol. The highest BCUT2D eigenvalue weighted by atomic mass is 79.9. The molecule has 1 aliphatic rings. The van der Waals surface area contributed by atoms with Crippen molar-refractivity contribution in [1.82, 2.24) is 10.2 Å². The molecule has 2 heterocycles. The van der Waals surface area contributed by atoms with Gasteiger partial charge in [0.15, 0.2) is 17.4 Å². The Morgan fingerprint density at radius 2 is 1.84 bits per heavy atom. The Hall–Kier alpha value is -2.66. The van der Waals surface area contributed by atoms with E-state index >= 15 is 0 Å². The molecule has 1 amide bonds. The van der Waals surface area contributed by atoms with Gasteiger partial charge < -0.3 is 25.1 Å². The van der Waals surface area contributed by atoms with Gasteiger partial charge in [0.1, 0.15) is 11.5 Å². The van der Waals surface area contributed by atoms with Gasteiger partial charge in [-0.1, -0.05) is 20.8 Å². The van der Waals surface area contributed by atoms with E-state index < -0.39 is 11.2 Å². The molecular formula is C21H26BrN5O4S. The maximum Gasteiger partial charge on any atom is 0.269 e. The first-order valence-corrected chi connectivity index (χ1v) is 11.7. The highest BCUT2D eigenvalue weighted by Crippen LogP contribution is 2.36. The Morgan fingerprint density at radius 3 is 2.41 bits per heavy atom. The molecule has 0 saturated carbocycles. The lowest BCUT2D eigenvalue weighted by atomic mass is 9.85. The zero-order valence-corrected chi connectivity index (χ0v) is 21.1. The van der Waals surface area contributed by atoms with Crippen molar-refractivity contribution in [3.63, 3.8) is 0 Å². The van der Waals surface area contributed by atoms with Gasteiger partial charge in [0.2, 0.25) is 0 Å². The van der Waals surface area contributed by atoms with Gasteiger partial charge in [-0.3, -0.25) is 4.79 Å². The van der Waals surface area contributed by atoms with Crippen LogP contribution in [0.2, 0.25) is 0 Å². The lowest BCUT2D eigenvalue weighted by molar-refractivity contribution is 0.0824. The monoisotopic (exact) mass is 523 g/mol. The van der Waals surface area contributed by atoms with Crippen LogP contribution in [-0.2, 0) is 11.2 Å². The molecule has 1 unspecified atom stereocenters.